The van der Waals surface area contributed by atoms with E-state index in [-0.39, 0.29) is 11.9 Å². The molecule has 0 bridgehead atoms. The van der Waals surface area contributed by atoms with Crippen LogP contribution in [-0.4, -0.2) is 37.7 Å². The summed E-state index contributed by atoms with van der Waals surface area (Å²) in [5.74, 6) is -0.393. The topological polar surface area (TPSA) is 44.8 Å². The van der Waals surface area contributed by atoms with Crippen molar-refractivity contribution in [2.24, 2.45) is 17.3 Å². The quantitative estimate of drug-likeness (QED) is 0.550. The molecule has 116 valence electrons. The Morgan fingerprint density at radius 1 is 1.38 bits per heavy atom. The van der Waals surface area contributed by atoms with E-state index in [1.54, 1.807) is 0 Å². The molecule has 4 nitrogen and oxygen atoms in total. The number of hydrogen-bond acceptors (Lipinski definition) is 4. The number of ether oxygens (including phenoxy) is 3. The molecule has 0 N–H and O–H groups in total. The van der Waals surface area contributed by atoms with Crippen molar-refractivity contribution in [3.05, 3.63) is 11.6 Å². The van der Waals surface area contributed by atoms with Crippen LogP contribution in [-0.2, 0) is 19.0 Å². The fraction of sp³-hybridized carbons (Fsp3) is 0.812. The third kappa shape index (κ3) is 1.90. The maximum atomic E-state index is 13.1. The number of halogens is 1. The van der Waals surface area contributed by atoms with Crippen LogP contribution in [0.15, 0.2) is 11.6 Å². The van der Waals surface area contributed by atoms with Gasteiger partial charge in [-0.05, 0) is 25.7 Å². The van der Waals surface area contributed by atoms with Gasteiger partial charge in [0.25, 0.3) is 0 Å². The third-order valence-electron chi connectivity index (χ3n) is 5.78. The van der Waals surface area contributed by atoms with Crippen LogP contribution in [0.2, 0.25) is 0 Å². The number of alkyl halides is 1. The maximum Gasteiger partial charge on any atom is 0.316 e. The molecule has 5 heteroatoms. The Morgan fingerprint density at radius 2 is 2.14 bits per heavy atom. The Bertz CT molecular complexity index is 497. The highest BCUT2D eigenvalue weighted by atomic mass is 19.1. The summed E-state index contributed by atoms with van der Waals surface area (Å²) in [6.07, 6.45) is 4.89. The summed E-state index contributed by atoms with van der Waals surface area (Å²) in [6, 6.07) is 0. The number of hydrogen-bond donors (Lipinski definition) is 0. The lowest BCUT2D eigenvalue weighted by atomic mass is 9.62. The molecule has 2 aliphatic carbocycles. The van der Waals surface area contributed by atoms with E-state index in [0.717, 1.165) is 25.7 Å². The van der Waals surface area contributed by atoms with Crippen LogP contribution in [0.4, 0.5) is 4.39 Å². The number of carbonyl (C=O) groups excluding carboxylic acids is 1. The smallest absolute Gasteiger partial charge is 0.316 e. The van der Waals surface area contributed by atoms with Crippen molar-refractivity contribution in [1.29, 1.82) is 0 Å². The Morgan fingerprint density at radius 3 is 2.86 bits per heavy atom. The first-order chi connectivity index (χ1) is 10.1. The van der Waals surface area contributed by atoms with E-state index in [1.165, 1.54) is 5.57 Å². The lowest BCUT2D eigenvalue weighted by Gasteiger charge is -2.43. The molecule has 0 radical (unpaired) electrons. The maximum absolute atomic E-state index is 13.1. The van der Waals surface area contributed by atoms with Gasteiger partial charge in [0.1, 0.15) is 12.8 Å². The second-order valence-electron chi connectivity index (χ2n) is 6.96. The summed E-state index contributed by atoms with van der Waals surface area (Å²) < 4.78 is 30.0. The summed E-state index contributed by atoms with van der Waals surface area (Å²) in [4.78, 5) is 12.2. The molecule has 2 unspecified atom stereocenters. The molecule has 1 saturated carbocycles. The zero-order valence-electron chi connectivity index (χ0n) is 12.3. The molecule has 4 atom stereocenters. The SMILES string of the molecule is C[C@@]12C=C3CC4(CCC3C[C@@H]1C(CF)OC2=O)OCCO4. The fourth-order valence-corrected chi connectivity index (χ4v) is 4.58. The fourth-order valence-electron chi connectivity index (χ4n) is 4.58. The van der Waals surface area contributed by atoms with Crippen molar-refractivity contribution < 1.29 is 23.4 Å². The van der Waals surface area contributed by atoms with E-state index in [4.69, 9.17) is 14.2 Å². The molecule has 0 aromatic rings. The van der Waals surface area contributed by atoms with Gasteiger partial charge in [-0.2, -0.15) is 0 Å². The van der Waals surface area contributed by atoms with Crippen molar-refractivity contribution in [2.45, 2.75) is 44.5 Å². The predicted molar refractivity (Wildman–Crippen MR) is 72.1 cm³/mol. The first-order valence-electron chi connectivity index (χ1n) is 7.83. The number of esters is 1. The van der Waals surface area contributed by atoms with E-state index < -0.39 is 24.0 Å². The summed E-state index contributed by atoms with van der Waals surface area (Å²) in [6.45, 7) is 2.59. The molecule has 3 fully saturated rings. The van der Waals surface area contributed by atoms with Crippen LogP contribution in [0.5, 0.6) is 0 Å². The first-order valence-corrected chi connectivity index (χ1v) is 7.83. The van der Waals surface area contributed by atoms with Crippen molar-refractivity contribution in [2.75, 3.05) is 19.9 Å². The van der Waals surface area contributed by atoms with Gasteiger partial charge in [0.05, 0.1) is 18.6 Å². The lowest BCUT2D eigenvalue weighted by molar-refractivity contribution is -0.173. The van der Waals surface area contributed by atoms with Crippen LogP contribution in [0.1, 0.15) is 32.6 Å². The average molecular weight is 296 g/mol. The number of cyclic esters (lactones) is 1. The molecule has 2 aliphatic heterocycles. The van der Waals surface area contributed by atoms with E-state index in [9.17, 15) is 9.18 Å². The first kappa shape index (κ1) is 13.7. The second-order valence-corrected chi connectivity index (χ2v) is 6.96. The summed E-state index contributed by atoms with van der Waals surface area (Å²) in [7, 11) is 0. The molecule has 1 spiro atoms. The predicted octanol–water partition coefficient (Wildman–Crippen LogP) is 2.38. The molecule has 0 aromatic carbocycles. The largest absolute Gasteiger partial charge is 0.459 e. The van der Waals surface area contributed by atoms with Gasteiger partial charge in [0.15, 0.2) is 5.79 Å². The molecule has 0 amide bonds. The minimum atomic E-state index is -0.681. The lowest BCUT2D eigenvalue weighted by Crippen LogP contribution is -2.43. The van der Waals surface area contributed by atoms with Crippen LogP contribution >= 0.6 is 0 Å². The number of fused-ring (bicyclic) bond motifs is 2. The van der Waals surface area contributed by atoms with E-state index >= 15 is 0 Å². The average Bonchev–Trinajstić information content (AvgIpc) is 3.01. The molecular formula is C16H21FO4. The van der Waals surface area contributed by atoms with Crippen LogP contribution < -0.4 is 0 Å². The number of carbonyl (C=O) groups is 1. The van der Waals surface area contributed by atoms with Gasteiger partial charge in [-0.1, -0.05) is 11.6 Å². The van der Waals surface area contributed by atoms with E-state index in [0.29, 0.717) is 19.1 Å². The van der Waals surface area contributed by atoms with Crippen LogP contribution in [0.25, 0.3) is 0 Å². The monoisotopic (exact) mass is 296 g/mol. The molecule has 2 heterocycles. The van der Waals surface area contributed by atoms with Gasteiger partial charge in [-0.25, -0.2) is 4.39 Å². The highest BCUT2D eigenvalue weighted by molar-refractivity contribution is 5.82. The Balaban J connectivity index is 1.66. The Labute approximate surface area is 123 Å². The molecule has 4 aliphatic rings. The minimum Gasteiger partial charge on any atom is -0.459 e. The highest BCUT2D eigenvalue weighted by Gasteiger charge is 2.57. The molecule has 21 heavy (non-hydrogen) atoms. The zero-order chi connectivity index (χ0) is 14.7. The van der Waals surface area contributed by atoms with Crippen LogP contribution in [0, 0.1) is 17.3 Å². The van der Waals surface area contributed by atoms with Crippen molar-refractivity contribution in [1.82, 2.24) is 0 Å². The molecule has 4 rings (SSSR count). The van der Waals surface area contributed by atoms with Gasteiger partial charge in [-0.15, -0.1) is 0 Å². The molecular weight excluding hydrogens is 275 g/mol. The van der Waals surface area contributed by atoms with Crippen molar-refractivity contribution in [3.63, 3.8) is 0 Å². The van der Waals surface area contributed by atoms with Crippen LogP contribution in [0.3, 0.4) is 0 Å². The van der Waals surface area contributed by atoms with Gasteiger partial charge in [0.2, 0.25) is 0 Å². The van der Waals surface area contributed by atoms with Gasteiger partial charge in [-0.3, -0.25) is 4.79 Å². The minimum absolute atomic E-state index is 0.0387. The Kier molecular flexibility index (Phi) is 2.95. The van der Waals surface area contributed by atoms with Gasteiger partial charge in [0, 0.05) is 18.8 Å². The zero-order valence-corrected chi connectivity index (χ0v) is 12.3. The van der Waals surface area contributed by atoms with Crippen molar-refractivity contribution in [3.8, 4) is 0 Å². The third-order valence-corrected chi connectivity index (χ3v) is 5.78. The number of rotatable bonds is 1. The summed E-state index contributed by atoms with van der Waals surface area (Å²) in [5.41, 5.74) is 0.554. The summed E-state index contributed by atoms with van der Waals surface area (Å²) in [5, 5.41) is 0. The normalized spacial score (nSPS) is 44.2. The standard InChI is InChI=1S/C16H21FO4/c1-15-7-11-8-16(19-4-5-20-16)3-2-10(11)6-12(15)13(9-17)21-14(15)18/h7,10,12-13H,2-6,8-9H2,1H3/t10?,12-,13?,15-/m1/s1. The van der Waals surface area contributed by atoms with E-state index in [2.05, 4.69) is 0 Å². The van der Waals surface area contributed by atoms with Crippen molar-refractivity contribution >= 4 is 5.97 Å². The van der Waals surface area contributed by atoms with Gasteiger partial charge >= 0.3 is 5.97 Å². The van der Waals surface area contributed by atoms with E-state index in [1.807, 2.05) is 13.0 Å². The Hall–Kier alpha value is -0.940. The van der Waals surface area contributed by atoms with Gasteiger partial charge < -0.3 is 14.2 Å². The molecule has 2 saturated heterocycles. The summed E-state index contributed by atoms with van der Waals surface area (Å²) >= 11 is 0. The second kappa shape index (κ2) is 4.53. The molecule has 0 aromatic heterocycles. The highest BCUT2D eigenvalue weighted by Crippen LogP contribution is 2.54.